The number of amides is 2. The predicted molar refractivity (Wildman–Crippen MR) is 104 cm³/mol. The Balaban J connectivity index is 2.03. The van der Waals surface area contributed by atoms with Gasteiger partial charge in [-0.25, -0.2) is 0 Å². The van der Waals surface area contributed by atoms with Gasteiger partial charge in [0, 0.05) is 5.56 Å². The fraction of sp³-hybridized carbons (Fsp3) is 0.250. The number of nitrogens with zero attached hydrogens (tertiary/aromatic N) is 1. The number of benzene rings is 2. The molecule has 0 atom stereocenters. The maximum atomic E-state index is 12.6. The predicted octanol–water partition coefficient (Wildman–Crippen LogP) is 3.84. The number of methoxy groups -OCH3 is 1. The number of carbonyl (C=O) groups is 3. The smallest absolute Gasteiger partial charge is 0.325 e. The molecule has 0 bridgehead atoms. The Hall–Kier alpha value is -2.80. The molecular formula is C20H19NO5S. The van der Waals surface area contributed by atoms with Crippen molar-refractivity contribution in [3.8, 4) is 5.75 Å². The summed E-state index contributed by atoms with van der Waals surface area (Å²) in [5.41, 5.74) is 0.741. The van der Waals surface area contributed by atoms with Gasteiger partial charge < -0.3 is 9.47 Å². The molecule has 3 rings (SSSR count). The number of carbonyl (C=O) groups excluding carboxylic acids is 3. The molecule has 0 spiro atoms. The van der Waals surface area contributed by atoms with Gasteiger partial charge in [0.1, 0.15) is 12.3 Å². The Morgan fingerprint density at radius 1 is 1.19 bits per heavy atom. The van der Waals surface area contributed by atoms with E-state index in [4.69, 9.17) is 4.74 Å². The van der Waals surface area contributed by atoms with E-state index in [-0.39, 0.29) is 4.91 Å². The number of ether oxygens (including phenoxy) is 2. The minimum absolute atomic E-state index is 0.251. The lowest BCUT2D eigenvalue weighted by molar-refractivity contribution is -0.143. The minimum Gasteiger partial charge on any atom is -0.493 e. The standard InChI is InChI=1S/C20H19NO5S/c1-3-10-26-16-9-8-13-6-4-5-7-14(13)15(16)11-17-19(23)21(20(24)27-17)12-18(22)25-2/h4-9,11H,3,10,12H2,1-2H3/b17-11-. The topological polar surface area (TPSA) is 72.9 Å². The lowest BCUT2D eigenvalue weighted by Crippen LogP contribution is -2.34. The molecule has 0 unspecified atom stereocenters. The molecular weight excluding hydrogens is 366 g/mol. The largest absolute Gasteiger partial charge is 0.493 e. The van der Waals surface area contributed by atoms with Crippen LogP contribution in [0.3, 0.4) is 0 Å². The summed E-state index contributed by atoms with van der Waals surface area (Å²) in [4.78, 5) is 37.3. The van der Waals surface area contributed by atoms with Crippen LogP contribution in [0.25, 0.3) is 16.8 Å². The first-order valence-electron chi connectivity index (χ1n) is 8.52. The van der Waals surface area contributed by atoms with Crippen LogP contribution in [0.4, 0.5) is 4.79 Å². The zero-order valence-electron chi connectivity index (χ0n) is 15.1. The van der Waals surface area contributed by atoms with E-state index >= 15 is 0 Å². The van der Waals surface area contributed by atoms with Crippen molar-refractivity contribution in [2.75, 3.05) is 20.3 Å². The summed E-state index contributed by atoms with van der Waals surface area (Å²) in [7, 11) is 1.21. The van der Waals surface area contributed by atoms with Crippen molar-refractivity contribution >= 4 is 45.7 Å². The van der Waals surface area contributed by atoms with Crippen LogP contribution >= 0.6 is 11.8 Å². The van der Waals surface area contributed by atoms with Crippen molar-refractivity contribution in [1.29, 1.82) is 0 Å². The quantitative estimate of drug-likeness (QED) is 0.556. The average Bonchev–Trinajstić information content (AvgIpc) is 2.94. The van der Waals surface area contributed by atoms with E-state index in [1.54, 1.807) is 6.08 Å². The summed E-state index contributed by atoms with van der Waals surface area (Å²) >= 11 is 0.805. The second kappa shape index (κ2) is 8.26. The first-order chi connectivity index (χ1) is 13.0. The van der Waals surface area contributed by atoms with Crippen LogP contribution < -0.4 is 4.74 Å². The molecule has 1 saturated heterocycles. The fourth-order valence-electron chi connectivity index (χ4n) is 2.72. The maximum Gasteiger partial charge on any atom is 0.325 e. The molecule has 2 amide bonds. The normalized spacial score (nSPS) is 15.6. The second-order valence-electron chi connectivity index (χ2n) is 5.89. The average molecular weight is 385 g/mol. The molecule has 6 nitrogen and oxygen atoms in total. The Morgan fingerprint density at radius 3 is 2.70 bits per heavy atom. The van der Waals surface area contributed by atoms with Crippen LogP contribution in [0.15, 0.2) is 41.3 Å². The zero-order chi connectivity index (χ0) is 19.4. The van der Waals surface area contributed by atoms with Gasteiger partial charge in [0.2, 0.25) is 0 Å². The molecule has 0 N–H and O–H groups in total. The number of fused-ring (bicyclic) bond motifs is 1. The highest BCUT2D eigenvalue weighted by molar-refractivity contribution is 8.18. The molecule has 7 heteroatoms. The molecule has 140 valence electrons. The summed E-state index contributed by atoms with van der Waals surface area (Å²) in [6.45, 7) is 2.16. The molecule has 1 heterocycles. The summed E-state index contributed by atoms with van der Waals surface area (Å²) in [5.74, 6) is -0.504. The summed E-state index contributed by atoms with van der Waals surface area (Å²) < 4.78 is 10.4. The fourth-order valence-corrected chi connectivity index (χ4v) is 3.54. The van der Waals surface area contributed by atoms with Crippen molar-refractivity contribution in [3.05, 3.63) is 46.9 Å². The highest BCUT2D eigenvalue weighted by Gasteiger charge is 2.36. The highest BCUT2D eigenvalue weighted by atomic mass is 32.2. The Labute approximate surface area is 161 Å². The minimum atomic E-state index is -0.643. The molecule has 1 aliphatic heterocycles. The molecule has 0 aliphatic carbocycles. The lowest BCUT2D eigenvalue weighted by atomic mass is 10.0. The van der Waals surface area contributed by atoms with Gasteiger partial charge in [-0.15, -0.1) is 0 Å². The van der Waals surface area contributed by atoms with E-state index in [1.165, 1.54) is 7.11 Å². The number of rotatable bonds is 6. The Kier molecular flexibility index (Phi) is 5.81. The monoisotopic (exact) mass is 385 g/mol. The second-order valence-corrected chi connectivity index (χ2v) is 6.88. The van der Waals surface area contributed by atoms with Crippen molar-refractivity contribution in [2.24, 2.45) is 0 Å². The molecule has 27 heavy (non-hydrogen) atoms. The highest BCUT2D eigenvalue weighted by Crippen LogP contribution is 2.36. The molecule has 2 aromatic carbocycles. The van der Waals surface area contributed by atoms with Crippen LogP contribution in [-0.4, -0.2) is 42.3 Å². The third-order valence-corrected chi connectivity index (χ3v) is 4.96. The van der Waals surface area contributed by atoms with Gasteiger partial charge in [0.25, 0.3) is 11.1 Å². The number of hydrogen-bond donors (Lipinski definition) is 0. The molecule has 0 saturated carbocycles. The van der Waals surface area contributed by atoms with Gasteiger partial charge in [-0.2, -0.15) is 0 Å². The first kappa shape index (κ1) is 19.0. The lowest BCUT2D eigenvalue weighted by Gasteiger charge is -2.12. The number of thioether (sulfide) groups is 1. The van der Waals surface area contributed by atoms with Crippen molar-refractivity contribution in [1.82, 2.24) is 4.90 Å². The molecule has 2 aromatic rings. The number of hydrogen-bond acceptors (Lipinski definition) is 6. The van der Waals surface area contributed by atoms with Gasteiger partial charge in [-0.3, -0.25) is 19.3 Å². The van der Waals surface area contributed by atoms with Crippen LogP contribution in [0.2, 0.25) is 0 Å². The van der Waals surface area contributed by atoms with E-state index in [0.717, 1.165) is 39.4 Å². The van der Waals surface area contributed by atoms with Crippen molar-refractivity contribution < 1.29 is 23.9 Å². The Morgan fingerprint density at radius 2 is 1.96 bits per heavy atom. The van der Waals surface area contributed by atoms with Gasteiger partial charge in [0.15, 0.2) is 0 Å². The molecule has 0 aromatic heterocycles. The van der Waals surface area contributed by atoms with Gasteiger partial charge in [0.05, 0.1) is 18.6 Å². The number of esters is 1. The van der Waals surface area contributed by atoms with Gasteiger partial charge in [-0.05, 0) is 41.1 Å². The van der Waals surface area contributed by atoms with E-state index < -0.39 is 23.7 Å². The summed E-state index contributed by atoms with van der Waals surface area (Å²) in [6, 6.07) is 11.6. The van der Waals surface area contributed by atoms with E-state index in [9.17, 15) is 14.4 Å². The van der Waals surface area contributed by atoms with Crippen LogP contribution in [0.5, 0.6) is 5.75 Å². The molecule has 1 aliphatic rings. The summed E-state index contributed by atoms with van der Waals surface area (Å²) in [6.07, 6.45) is 2.51. The molecule has 0 radical (unpaired) electrons. The van der Waals surface area contributed by atoms with E-state index in [2.05, 4.69) is 4.74 Å². The van der Waals surface area contributed by atoms with Crippen molar-refractivity contribution in [2.45, 2.75) is 13.3 Å². The van der Waals surface area contributed by atoms with Crippen LogP contribution in [-0.2, 0) is 14.3 Å². The number of imide groups is 1. The van der Waals surface area contributed by atoms with Gasteiger partial charge in [-0.1, -0.05) is 37.3 Å². The van der Waals surface area contributed by atoms with Crippen LogP contribution in [0, 0.1) is 0 Å². The first-order valence-corrected chi connectivity index (χ1v) is 9.33. The van der Waals surface area contributed by atoms with E-state index in [1.807, 2.05) is 43.3 Å². The third-order valence-electron chi connectivity index (χ3n) is 4.06. The Bertz CT molecular complexity index is 937. The van der Waals surface area contributed by atoms with Gasteiger partial charge >= 0.3 is 5.97 Å². The van der Waals surface area contributed by atoms with E-state index in [0.29, 0.717) is 12.4 Å². The SMILES string of the molecule is CCCOc1ccc2ccccc2c1/C=C1\SC(=O)N(CC(=O)OC)C1=O. The van der Waals surface area contributed by atoms with Crippen molar-refractivity contribution in [3.63, 3.8) is 0 Å². The summed E-state index contributed by atoms with van der Waals surface area (Å²) in [5, 5.41) is 1.43. The maximum absolute atomic E-state index is 12.6. The van der Waals surface area contributed by atoms with Crippen LogP contribution in [0.1, 0.15) is 18.9 Å². The third kappa shape index (κ3) is 3.98. The molecule has 1 fully saturated rings. The zero-order valence-corrected chi connectivity index (χ0v) is 15.9.